The number of hydrogen-bond acceptors (Lipinski definition) is 2. The number of benzene rings is 9. The average molecular weight is 611 g/mol. The van der Waals surface area contributed by atoms with E-state index in [0.29, 0.717) is 0 Å². The lowest BCUT2D eigenvalue weighted by Gasteiger charge is -2.18. The molecule has 0 unspecified atom stereocenters. The highest BCUT2D eigenvalue weighted by molar-refractivity contribution is 6.34. The van der Waals surface area contributed by atoms with Crippen molar-refractivity contribution in [3.8, 4) is 22.3 Å². The molecule has 48 heavy (non-hydrogen) atoms. The third-order valence-electron chi connectivity index (χ3n) is 10.2. The van der Waals surface area contributed by atoms with Crippen LogP contribution >= 0.6 is 0 Å². The van der Waals surface area contributed by atoms with E-state index in [1.54, 1.807) is 0 Å². The van der Waals surface area contributed by atoms with Gasteiger partial charge in [0.2, 0.25) is 0 Å². The Morgan fingerprint density at radius 1 is 0.292 bits per heavy atom. The lowest BCUT2D eigenvalue weighted by Crippen LogP contribution is -1.91. The average Bonchev–Trinajstić information content (AvgIpc) is 3.73. The number of hydrogen-bond donors (Lipinski definition) is 0. The van der Waals surface area contributed by atoms with Gasteiger partial charge in [0.25, 0.3) is 0 Å². The molecular formula is C46H26O2. The van der Waals surface area contributed by atoms with Crippen LogP contribution in [0.1, 0.15) is 0 Å². The molecule has 0 saturated carbocycles. The van der Waals surface area contributed by atoms with Gasteiger partial charge in [-0.3, -0.25) is 0 Å². The minimum atomic E-state index is 0.799. The molecule has 222 valence electrons. The van der Waals surface area contributed by atoms with Crippen molar-refractivity contribution in [3.05, 3.63) is 158 Å². The maximum atomic E-state index is 6.69. The minimum absolute atomic E-state index is 0.799. The second kappa shape index (κ2) is 9.57. The van der Waals surface area contributed by atoms with Gasteiger partial charge in [-0.2, -0.15) is 0 Å². The maximum absolute atomic E-state index is 6.69. The molecule has 11 rings (SSSR count). The predicted molar refractivity (Wildman–Crippen MR) is 202 cm³/mol. The van der Waals surface area contributed by atoms with E-state index in [2.05, 4.69) is 146 Å². The molecular weight excluding hydrogens is 585 g/mol. The molecule has 0 N–H and O–H groups in total. The second-order valence-electron chi connectivity index (χ2n) is 12.8. The van der Waals surface area contributed by atoms with Gasteiger partial charge in [-0.15, -0.1) is 0 Å². The number of fused-ring (bicyclic) bond motifs is 13. The molecule has 0 aliphatic heterocycles. The largest absolute Gasteiger partial charge is 0.452 e. The molecule has 0 atom stereocenters. The summed E-state index contributed by atoms with van der Waals surface area (Å²) in [5.41, 5.74) is 8.22. The van der Waals surface area contributed by atoms with Crippen LogP contribution in [-0.2, 0) is 0 Å². The Kier molecular flexibility index (Phi) is 5.14. The summed E-state index contributed by atoms with van der Waals surface area (Å²) in [5.74, 6) is 0. The van der Waals surface area contributed by atoms with E-state index in [0.717, 1.165) is 49.4 Å². The number of para-hydroxylation sites is 1. The maximum Gasteiger partial charge on any atom is 0.179 e. The van der Waals surface area contributed by atoms with Crippen LogP contribution in [0.2, 0.25) is 0 Å². The van der Waals surface area contributed by atoms with Gasteiger partial charge in [-0.05, 0) is 89.6 Å². The molecule has 0 aliphatic carbocycles. The molecule has 0 fully saturated rings. The van der Waals surface area contributed by atoms with Crippen molar-refractivity contribution in [2.45, 2.75) is 0 Å². The van der Waals surface area contributed by atoms with Gasteiger partial charge >= 0.3 is 0 Å². The van der Waals surface area contributed by atoms with Crippen LogP contribution < -0.4 is 0 Å². The van der Waals surface area contributed by atoms with Crippen LogP contribution in [0.5, 0.6) is 0 Å². The first-order valence-corrected chi connectivity index (χ1v) is 16.4. The normalized spacial score (nSPS) is 12.2. The van der Waals surface area contributed by atoms with E-state index in [1.165, 1.54) is 59.8 Å². The topological polar surface area (TPSA) is 26.3 Å². The van der Waals surface area contributed by atoms with Gasteiger partial charge in [0, 0.05) is 21.5 Å². The second-order valence-corrected chi connectivity index (χ2v) is 12.8. The van der Waals surface area contributed by atoms with Crippen molar-refractivity contribution in [2.75, 3.05) is 0 Å². The van der Waals surface area contributed by atoms with Gasteiger partial charge in [0.1, 0.15) is 11.2 Å². The van der Waals surface area contributed by atoms with E-state index in [-0.39, 0.29) is 0 Å². The fraction of sp³-hybridized carbons (Fsp3) is 0. The van der Waals surface area contributed by atoms with Crippen LogP contribution in [-0.4, -0.2) is 0 Å². The first-order valence-electron chi connectivity index (χ1n) is 16.4. The molecule has 0 spiro atoms. The summed E-state index contributed by atoms with van der Waals surface area (Å²) in [6.07, 6.45) is 0. The Morgan fingerprint density at radius 3 is 1.35 bits per heavy atom. The van der Waals surface area contributed by atoms with Crippen molar-refractivity contribution in [1.82, 2.24) is 0 Å². The van der Waals surface area contributed by atoms with Gasteiger partial charge in [-0.25, -0.2) is 0 Å². The predicted octanol–water partition coefficient (Wildman–Crippen LogP) is 13.4. The highest BCUT2D eigenvalue weighted by Gasteiger charge is 2.22. The fourth-order valence-corrected chi connectivity index (χ4v) is 8.17. The third-order valence-corrected chi connectivity index (χ3v) is 10.2. The van der Waals surface area contributed by atoms with Crippen LogP contribution in [0.4, 0.5) is 0 Å². The van der Waals surface area contributed by atoms with E-state index >= 15 is 0 Å². The molecule has 2 nitrogen and oxygen atoms in total. The van der Waals surface area contributed by atoms with Gasteiger partial charge in [0.15, 0.2) is 11.2 Å². The van der Waals surface area contributed by atoms with Crippen molar-refractivity contribution in [2.24, 2.45) is 0 Å². The molecule has 2 heteroatoms. The highest BCUT2D eigenvalue weighted by atomic mass is 16.4. The molecule has 2 heterocycles. The van der Waals surface area contributed by atoms with Crippen LogP contribution in [0.15, 0.2) is 167 Å². The van der Waals surface area contributed by atoms with E-state index < -0.39 is 0 Å². The van der Waals surface area contributed by atoms with Crippen molar-refractivity contribution < 1.29 is 8.83 Å². The number of furan rings is 2. The summed E-state index contributed by atoms with van der Waals surface area (Å²) in [6.45, 7) is 0. The van der Waals surface area contributed by atoms with Crippen LogP contribution in [0.25, 0.3) is 109 Å². The van der Waals surface area contributed by atoms with Crippen LogP contribution in [0.3, 0.4) is 0 Å². The van der Waals surface area contributed by atoms with Gasteiger partial charge in [-0.1, -0.05) is 133 Å². The Hall–Kier alpha value is -6.38. The summed E-state index contributed by atoms with van der Waals surface area (Å²) in [6, 6.07) is 56.7. The standard InChI is InChI=1S/C46H26O2/c1-2-12-28-25-29(22-21-27(28)11-1)41-31-13-3-5-15-33(31)42(34-16-6-4-14-32(34)41)30-23-24-40-38(26-30)44-36-18-8-7-17-35(36)43-37-19-9-10-20-39(37)47-45(43)46(44)48-40/h1-26H. The van der Waals surface area contributed by atoms with Crippen molar-refractivity contribution >= 4 is 87.0 Å². The smallest absolute Gasteiger partial charge is 0.179 e. The monoisotopic (exact) mass is 610 g/mol. The van der Waals surface area contributed by atoms with E-state index in [9.17, 15) is 0 Å². The summed E-state index contributed by atoms with van der Waals surface area (Å²) < 4.78 is 13.2. The third kappa shape index (κ3) is 3.46. The van der Waals surface area contributed by atoms with E-state index in [4.69, 9.17) is 8.83 Å². The highest BCUT2D eigenvalue weighted by Crippen LogP contribution is 2.48. The Balaban J connectivity index is 1.24. The van der Waals surface area contributed by atoms with Gasteiger partial charge in [0.05, 0.1) is 0 Å². The number of rotatable bonds is 2. The molecule has 0 saturated heterocycles. The van der Waals surface area contributed by atoms with Crippen molar-refractivity contribution in [3.63, 3.8) is 0 Å². The lowest BCUT2D eigenvalue weighted by atomic mass is 9.85. The molecule has 0 radical (unpaired) electrons. The molecule has 2 aromatic heterocycles. The molecule has 0 bridgehead atoms. The first-order chi connectivity index (χ1) is 23.8. The zero-order valence-electron chi connectivity index (χ0n) is 25.8. The SMILES string of the molecule is c1ccc2cc(-c3c4ccccc4c(-c4ccc5oc6c7oc8ccccc8c7c7ccccc7c6c5c4)c4ccccc34)ccc2c1. The summed E-state index contributed by atoms with van der Waals surface area (Å²) in [7, 11) is 0. The fourth-order valence-electron chi connectivity index (χ4n) is 8.17. The Morgan fingerprint density at radius 2 is 0.729 bits per heavy atom. The summed E-state index contributed by atoms with van der Waals surface area (Å²) in [5, 5.41) is 14.2. The zero-order chi connectivity index (χ0) is 31.3. The van der Waals surface area contributed by atoms with Crippen LogP contribution in [0, 0.1) is 0 Å². The quantitative estimate of drug-likeness (QED) is 0.182. The molecule has 0 amide bonds. The Bertz CT molecular complexity index is 3060. The molecule has 0 aliphatic rings. The van der Waals surface area contributed by atoms with Crippen molar-refractivity contribution in [1.29, 1.82) is 0 Å². The summed E-state index contributed by atoms with van der Waals surface area (Å²) in [4.78, 5) is 0. The lowest BCUT2D eigenvalue weighted by molar-refractivity contribution is 0.633. The van der Waals surface area contributed by atoms with Gasteiger partial charge < -0.3 is 8.83 Å². The molecule has 9 aromatic carbocycles. The minimum Gasteiger partial charge on any atom is -0.452 e. The van der Waals surface area contributed by atoms with E-state index in [1.807, 2.05) is 12.1 Å². The zero-order valence-corrected chi connectivity index (χ0v) is 25.8. The first kappa shape index (κ1) is 25.8. The summed E-state index contributed by atoms with van der Waals surface area (Å²) >= 11 is 0. The Labute approximate surface area is 275 Å². The molecule has 11 aromatic rings.